The van der Waals surface area contributed by atoms with Crippen molar-refractivity contribution in [1.29, 1.82) is 0 Å². The van der Waals surface area contributed by atoms with E-state index in [-0.39, 0.29) is 19.6 Å². The predicted octanol–water partition coefficient (Wildman–Crippen LogP) is 4.14. The maximum Gasteiger partial charge on any atom is 0.266 e. The van der Waals surface area contributed by atoms with Gasteiger partial charge in [0.15, 0.2) is 23.1 Å². The highest BCUT2D eigenvalue weighted by molar-refractivity contribution is 6.01. The van der Waals surface area contributed by atoms with Gasteiger partial charge >= 0.3 is 0 Å². The van der Waals surface area contributed by atoms with Crippen LogP contribution >= 0.6 is 0 Å². The van der Waals surface area contributed by atoms with Crippen LogP contribution in [-0.4, -0.2) is 64.1 Å². The number of nitrogens with zero attached hydrogens (tertiary/aromatic N) is 1. The van der Waals surface area contributed by atoms with Crippen molar-refractivity contribution >= 4 is 11.8 Å². The number of nitrogens with one attached hydrogen (secondary N) is 2. The fourth-order valence-corrected chi connectivity index (χ4v) is 4.91. The molecule has 1 amide bonds. The number of hydrogen-bond acceptors (Lipinski definition) is 10. The zero-order chi connectivity index (χ0) is 31.5. The number of carbonyl (C=O) groups is 1. The SMILES string of the molecule is C=CC[C@]1(C(=O)NNCc2cc(OC)c(OC)c(OC)c2)N=C(c2ccc(OCCCO)cc2)O[C@H]1c1cccc(OC)c1. The lowest BCUT2D eigenvalue weighted by atomic mass is 9.84. The molecule has 0 fully saturated rings. The molecule has 0 saturated carbocycles. The summed E-state index contributed by atoms with van der Waals surface area (Å²) in [7, 11) is 6.21. The van der Waals surface area contributed by atoms with E-state index >= 15 is 0 Å². The molecule has 11 heteroatoms. The monoisotopic (exact) mass is 605 g/mol. The molecule has 0 unspecified atom stereocenters. The molecule has 44 heavy (non-hydrogen) atoms. The largest absolute Gasteiger partial charge is 0.497 e. The molecule has 3 N–H and O–H groups in total. The number of aliphatic hydroxyl groups is 1. The van der Waals surface area contributed by atoms with Gasteiger partial charge in [0.05, 0.1) is 35.0 Å². The summed E-state index contributed by atoms with van der Waals surface area (Å²) < 4.78 is 33.9. The number of aliphatic hydroxyl groups excluding tert-OH is 1. The highest BCUT2D eigenvalue weighted by atomic mass is 16.5. The van der Waals surface area contributed by atoms with Crippen LogP contribution < -0.4 is 34.5 Å². The summed E-state index contributed by atoms with van der Waals surface area (Å²) in [4.78, 5) is 19.0. The first-order valence-corrected chi connectivity index (χ1v) is 14.1. The van der Waals surface area contributed by atoms with Crippen molar-refractivity contribution in [2.45, 2.75) is 31.0 Å². The zero-order valence-corrected chi connectivity index (χ0v) is 25.4. The molecule has 11 nitrogen and oxygen atoms in total. The van der Waals surface area contributed by atoms with Crippen LogP contribution in [0.15, 0.2) is 78.3 Å². The number of carbonyl (C=O) groups excluding carboxylic acids is 1. The average molecular weight is 606 g/mol. The van der Waals surface area contributed by atoms with Gasteiger partial charge in [0, 0.05) is 31.6 Å². The second-order valence-corrected chi connectivity index (χ2v) is 9.90. The Labute approximate surface area is 257 Å². The van der Waals surface area contributed by atoms with Gasteiger partial charge in [-0.3, -0.25) is 10.2 Å². The molecule has 1 aliphatic rings. The van der Waals surface area contributed by atoms with E-state index in [0.29, 0.717) is 58.8 Å². The number of hydrogen-bond donors (Lipinski definition) is 3. The topological polar surface area (TPSA) is 129 Å². The summed E-state index contributed by atoms with van der Waals surface area (Å²) in [5, 5.41) is 9.02. The van der Waals surface area contributed by atoms with Crippen LogP contribution in [0, 0.1) is 0 Å². The first-order valence-electron chi connectivity index (χ1n) is 14.1. The minimum Gasteiger partial charge on any atom is -0.497 e. The van der Waals surface area contributed by atoms with Crippen LogP contribution in [0.1, 0.15) is 35.6 Å². The van der Waals surface area contributed by atoms with Gasteiger partial charge in [-0.15, -0.1) is 6.58 Å². The third kappa shape index (κ3) is 7.07. The van der Waals surface area contributed by atoms with Crippen LogP contribution in [0.25, 0.3) is 0 Å². The van der Waals surface area contributed by atoms with E-state index in [9.17, 15) is 4.79 Å². The second kappa shape index (κ2) is 15.1. The Balaban J connectivity index is 1.63. The fourth-order valence-electron chi connectivity index (χ4n) is 4.91. The average Bonchev–Trinajstić information content (AvgIpc) is 3.45. The van der Waals surface area contributed by atoms with Crippen LogP contribution in [0.3, 0.4) is 0 Å². The standard InChI is InChI=1S/C33H39N3O8/c1-6-15-33(32(38)36-34-21-22-18-27(40-3)29(42-5)28(19-22)41-4)30(24-9-7-10-26(20-24)39-2)44-31(35-33)23-11-13-25(14-12-23)43-17-8-16-37/h6-7,9-14,18-20,30,34,37H,1,8,15-17,21H2,2-5H3,(H,36,38)/t30-,33-/m0/s1. The number of aliphatic imine (C=N–C) groups is 1. The number of amides is 1. The van der Waals surface area contributed by atoms with Crippen molar-refractivity contribution in [2.24, 2.45) is 4.99 Å². The molecule has 0 bridgehead atoms. The molecule has 4 rings (SSSR count). The number of benzene rings is 3. The summed E-state index contributed by atoms with van der Waals surface area (Å²) in [5.74, 6) is 2.65. The van der Waals surface area contributed by atoms with E-state index in [1.54, 1.807) is 51.7 Å². The maximum atomic E-state index is 14.1. The summed E-state index contributed by atoms with van der Waals surface area (Å²) in [6.45, 7) is 4.63. The van der Waals surface area contributed by atoms with Crippen molar-refractivity contribution in [2.75, 3.05) is 41.7 Å². The minimum atomic E-state index is -1.39. The highest BCUT2D eigenvalue weighted by Crippen LogP contribution is 2.43. The van der Waals surface area contributed by atoms with Crippen LogP contribution in [0.2, 0.25) is 0 Å². The van der Waals surface area contributed by atoms with E-state index in [1.807, 2.05) is 36.4 Å². The molecule has 234 valence electrons. The Hall–Kier alpha value is -4.74. The van der Waals surface area contributed by atoms with Gasteiger partial charge in [-0.25, -0.2) is 10.4 Å². The van der Waals surface area contributed by atoms with Crippen molar-refractivity contribution < 1.29 is 38.3 Å². The number of methoxy groups -OCH3 is 4. The quantitative estimate of drug-likeness (QED) is 0.125. The smallest absolute Gasteiger partial charge is 0.266 e. The van der Waals surface area contributed by atoms with Gasteiger partial charge in [0.25, 0.3) is 5.91 Å². The zero-order valence-electron chi connectivity index (χ0n) is 25.4. The molecule has 3 aromatic rings. The molecule has 0 aromatic heterocycles. The normalized spacial score (nSPS) is 17.2. The summed E-state index contributed by atoms with van der Waals surface area (Å²) in [6, 6.07) is 18.2. The molecule has 2 atom stereocenters. The molecule has 1 aliphatic heterocycles. The van der Waals surface area contributed by atoms with Crippen molar-refractivity contribution in [3.8, 4) is 28.7 Å². The lowest BCUT2D eigenvalue weighted by Gasteiger charge is -2.30. The number of hydrazine groups is 1. The van der Waals surface area contributed by atoms with E-state index < -0.39 is 17.6 Å². The Bertz CT molecular complexity index is 1430. The molecular weight excluding hydrogens is 566 g/mol. The van der Waals surface area contributed by atoms with E-state index in [4.69, 9.17) is 38.5 Å². The molecule has 3 aromatic carbocycles. The Morgan fingerprint density at radius 2 is 1.73 bits per heavy atom. The molecule has 0 saturated heterocycles. The second-order valence-electron chi connectivity index (χ2n) is 9.90. The Kier molecular flexibility index (Phi) is 11.1. The lowest BCUT2D eigenvalue weighted by Crippen LogP contribution is -2.52. The minimum absolute atomic E-state index is 0.0547. The van der Waals surface area contributed by atoms with Crippen molar-refractivity contribution in [1.82, 2.24) is 10.9 Å². The summed E-state index contributed by atoms with van der Waals surface area (Å²) in [5.41, 5.74) is 6.64. The Morgan fingerprint density at radius 1 is 1.00 bits per heavy atom. The summed E-state index contributed by atoms with van der Waals surface area (Å²) >= 11 is 0. The lowest BCUT2D eigenvalue weighted by molar-refractivity contribution is -0.129. The number of ether oxygens (including phenoxy) is 6. The summed E-state index contributed by atoms with van der Waals surface area (Å²) in [6.07, 6.45) is 1.60. The molecule has 0 spiro atoms. The first-order chi connectivity index (χ1) is 21.4. The van der Waals surface area contributed by atoms with Crippen LogP contribution in [-0.2, 0) is 16.1 Å². The van der Waals surface area contributed by atoms with Gasteiger partial charge in [-0.05, 0) is 59.7 Å². The van der Waals surface area contributed by atoms with Gasteiger partial charge in [0.2, 0.25) is 11.6 Å². The van der Waals surface area contributed by atoms with Gasteiger partial charge < -0.3 is 33.5 Å². The van der Waals surface area contributed by atoms with Gasteiger partial charge in [0.1, 0.15) is 11.5 Å². The Morgan fingerprint density at radius 3 is 2.34 bits per heavy atom. The highest BCUT2D eigenvalue weighted by Gasteiger charge is 2.52. The van der Waals surface area contributed by atoms with E-state index in [1.165, 1.54) is 7.11 Å². The maximum absolute atomic E-state index is 14.1. The molecule has 0 aliphatic carbocycles. The van der Waals surface area contributed by atoms with Crippen LogP contribution in [0.4, 0.5) is 0 Å². The van der Waals surface area contributed by atoms with Gasteiger partial charge in [-0.1, -0.05) is 18.2 Å². The molecule has 1 heterocycles. The van der Waals surface area contributed by atoms with Gasteiger partial charge in [-0.2, -0.15) is 0 Å². The van der Waals surface area contributed by atoms with E-state index in [0.717, 1.165) is 5.56 Å². The third-order valence-corrected chi connectivity index (χ3v) is 7.10. The van der Waals surface area contributed by atoms with Crippen molar-refractivity contribution in [3.63, 3.8) is 0 Å². The van der Waals surface area contributed by atoms with Crippen molar-refractivity contribution in [3.05, 3.63) is 90.0 Å². The van der Waals surface area contributed by atoms with E-state index in [2.05, 4.69) is 17.4 Å². The first kappa shape index (κ1) is 32.2. The predicted molar refractivity (Wildman–Crippen MR) is 166 cm³/mol. The van der Waals surface area contributed by atoms with Crippen LogP contribution in [0.5, 0.6) is 28.7 Å². The molecular formula is C33H39N3O8. The third-order valence-electron chi connectivity index (χ3n) is 7.10. The fraction of sp³-hybridized carbons (Fsp3) is 0.333. The number of rotatable bonds is 16. The molecule has 0 radical (unpaired) electrons.